The van der Waals surface area contributed by atoms with Gasteiger partial charge in [0.05, 0.1) is 6.20 Å². The molecule has 88 valence electrons. The van der Waals surface area contributed by atoms with Gasteiger partial charge in [0.2, 0.25) is 0 Å². The van der Waals surface area contributed by atoms with Crippen LogP contribution in [0.2, 0.25) is 0 Å². The van der Waals surface area contributed by atoms with Gasteiger partial charge in [-0.05, 0) is 47.3 Å². The summed E-state index contributed by atoms with van der Waals surface area (Å²) in [5.41, 5.74) is -0.267. The summed E-state index contributed by atoms with van der Waals surface area (Å²) in [5, 5.41) is 14.5. The third-order valence-electron chi connectivity index (χ3n) is 3.37. The highest BCUT2D eigenvalue weighted by molar-refractivity contribution is 9.10. The lowest BCUT2D eigenvalue weighted by Crippen LogP contribution is -2.48. The van der Waals surface area contributed by atoms with E-state index in [1.165, 1.54) is 0 Å². The highest BCUT2D eigenvalue weighted by Gasteiger charge is 2.48. The first-order chi connectivity index (χ1) is 8.13. The number of hydrogen-bond acceptors (Lipinski definition) is 3. The standard InChI is InChI=1S/C11H10BrN3O2/c12-8-3-2-7-6-13-15(9(7)14-8)11(10(16)17)4-1-5-11/h2-3,6H,1,4-5H2,(H,16,17). The number of carboxylic acid groups (broad SMARTS) is 1. The maximum Gasteiger partial charge on any atom is 0.331 e. The molecule has 6 heteroatoms. The summed E-state index contributed by atoms with van der Waals surface area (Å²) in [7, 11) is 0. The summed E-state index contributed by atoms with van der Waals surface area (Å²) in [5.74, 6) is -0.824. The third-order valence-corrected chi connectivity index (χ3v) is 3.81. The number of carbonyl (C=O) groups is 1. The maximum atomic E-state index is 11.4. The number of aliphatic carboxylic acids is 1. The van der Waals surface area contributed by atoms with Crippen LogP contribution in [0.1, 0.15) is 19.3 Å². The van der Waals surface area contributed by atoms with Crippen molar-refractivity contribution < 1.29 is 9.90 Å². The zero-order valence-corrected chi connectivity index (χ0v) is 10.5. The van der Waals surface area contributed by atoms with Crippen LogP contribution in [0.15, 0.2) is 22.9 Å². The minimum atomic E-state index is -0.893. The van der Waals surface area contributed by atoms with Gasteiger partial charge in [-0.3, -0.25) is 0 Å². The summed E-state index contributed by atoms with van der Waals surface area (Å²) in [6.45, 7) is 0. The number of aromatic nitrogens is 3. The first-order valence-electron chi connectivity index (χ1n) is 5.38. The van der Waals surface area contributed by atoms with E-state index < -0.39 is 11.5 Å². The van der Waals surface area contributed by atoms with Gasteiger partial charge >= 0.3 is 5.97 Å². The van der Waals surface area contributed by atoms with Gasteiger partial charge in [-0.15, -0.1) is 0 Å². The molecule has 1 fully saturated rings. The first kappa shape index (κ1) is 10.7. The molecule has 17 heavy (non-hydrogen) atoms. The van der Waals surface area contributed by atoms with Crippen molar-refractivity contribution in [3.63, 3.8) is 0 Å². The van der Waals surface area contributed by atoms with Crippen LogP contribution in [-0.4, -0.2) is 25.8 Å². The van der Waals surface area contributed by atoms with Gasteiger partial charge in [0.1, 0.15) is 4.60 Å². The second-order valence-corrected chi connectivity index (χ2v) is 5.11. The fraction of sp³-hybridized carbons (Fsp3) is 0.364. The molecule has 0 aliphatic heterocycles. The molecule has 0 saturated heterocycles. The van der Waals surface area contributed by atoms with E-state index in [9.17, 15) is 9.90 Å². The van der Waals surface area contributed by atoms with Gasteiger partial charge in [0.25, 0.3) is 0 Å². The Morgan fingerprint density at radius 1 is 1.47 bits per heavy atom. The van der Waals surface area contributed by atoms with Crippen molar-refractivity contribution in [1.82, 2.24) is 14.8 Å². The molecule has 3 rings (SSSR count). The van der Waals surface area contributed by atoms with Gasteiger partial charge in [0.15, 0.2) is 11.2 Å². The molecule has 1 aliphatic rings. The predicted molar refractivity (Wildman–Crippen MR) is 64.7 cm³/mol. The molecule has 0 aromatic carbocycles. The van der Waals surface area contributed by atoms with Crippen LogP contribution in [0.5, 0.6) is 0 Å². The molecule has 2 aromatic heterocycles. The van der Waals surface area contributed by atoms with E-state index in [1.807, 2.05) is 12.1 Å². The van der Waals surface area contributed by atoms with Gasteiger partial charge in [0, 0.05) is 5.39 Å². The first-order valence-corrected chi connectivity index (χ1v) is 6.17. The minimum Gasteiger partial charge on any atom is -0.479 e. The highest BCUT2D eigenvalue weighted by Crippen LogP contribution is 2.40. The van der Waals surface area contributed by atoms with Crippen molar-refractivity contribution in [3.8, 4) is 0 Å². The Morgan fingerprint density at radius 3 is 2.82 bits per heavy atom. The van der Waals surface area contributed by atoms with E-state index in [4.69, 9.17) is 0 Å². The van der Waals surface area contributed by atoms with E-state index in [0.717, 1.165) is 11.8 Å². The minimum absolute atomic E-state index is 0.618. The van der Waals surface area contributed by atoms with Crippen LogP contribution in [-0.2, 0) is 10.3 Å². The second-order valence-electron chi connectivity index (χ2n) is 4.29. The monoisotopic (exact) mass is 295 g/mol. The van der Waals surface area contributed by atoms with E-state index >= 15 is 0 Å². The topological polar surface area (TPSA) is 68.0 Å². The number of fused-ring (bicyclic) bond motifs is 1. The average Bonchev–Trinajstić information content (AvgIpc) is 2.60. The van der Waals surface area contributed by atoms with Crippen LogP contribution < -0.4 is 0 Å². The Balaban J connectivity index is 2.23. The van der Waals surface area contributed by atoms with Gasteiger partial charge in [-0.2, -0.15) is 5.10 Å². The largest absolute Gasteiger partial charge is 0.479 e. The summed E-state index contributed by atoms with van der Waals surface area (Å²) in [6, 6.07) is 3.70. The molecule has 0 atom stereocenters. The molecule has 1 aliphatic carbocycles. The molecule has 5 nitrogen and oxygen atoms in total. The zero-order chi connectivity index (χ0) is 12.0. The molecule has 0 bridgehead atoms. The van der Waals surface area contributed by atoms with Crippen LogP contribution in [0.25, 0.3) is 11.0 Å². The molecule has 0 unspecified atom stereocenters. The quantitative estimate of drug-likeness (QED) is 0.862. The lowest BCUT2D eigenvalue weighted by atomic mass is 9.77. The molecule has 0 amide bonds. The van der Waals surface area contributed by atoms with E-state index in [0.29, 0.717) is 23.1 Å². The van der Waals surface area contributed by atoms with Crippen molar-refractivity contribution in [2.24, 2.45) is 0 Å². The van der Waals surface area contributed by atoms with Crippen molar-refractivity contribution in [2.75, 3.05) is 0 Å². The summed E-state index contributed by atoms with van der Waals surface area (Å²) in [4.78, 5) is 15.7. The van der Waals surface area contributed by atoms with Gasteiger partial charge in [-0.25, -0.2) is 14.5 Å². The predicted octanol–water partition coefficient (Wildman–Crippen LogP) is 2.16. The number of hydrogen-bond donors (Lipinski definition) is 1. The molecule has 2 heterocycles. The number of rotatable bonds is 2. The molecular formula is C11H10BrN3O2. The van der Waals surface area contributed by atoms with Gasteiger partial charge in [-0.1, -0.05) is 0 Å². The average molecular weight is 296 g/mol. The van der Waals surface area contributed by atoms with Crippen molar-refractivity contribution >= 4 is 32.9 Å². The normalized spacial score (nSPS) is 17.9. The van der Waals surface area contributed by atoms with Gasteiger partial charge < -0.3 is 5.11 Å². The molecule has 1 saturated carbocycles. The van der Waals surface area contributed by atoms with E-state index in [2.05, 4.69) is 26.0 Å². The lowest BCUT2D eigenvalue weighted by molar-refractivity contribution is -0.153. The number of halogens is 1. The highest BCUT2D eigenvalue weighted by atomic mass is 79.9. The maximum absolute atomic E-state index is 11.4. The molecular weight excluding hydrogens is 286 g/mol. The molecule has 1 N–H and O–H groups in total. The summed E-state index contributed by atoms with van der Waals surface area (Å²) in [6.07, 6.45) is 3.82. The summed E-state index contributed by atoms with van der Waals surface area (Å²) < 4.78 is 2.24. The smallest absolute Gasteiger partial charge is 0.331 e. The number of pyridine rings is 1. The SMILES string of the molecule is O=C(O)C1(n2ncc3ccc(Br)nc32)CCC1. The van der Waals surface area contributed by atoms with Crippen LogP contribution >= 0.6 is 15.9 Å². The Morgan fingerprint density at radius 2 is 2.24 bits per heavy atom. The Hall–Kier alpha value is -1.43. The number of carboxylic acids is 1. The van der Waals surface area contributed by atoms with Crippen molar-refractivity contribution in [2.45, 2.75) is 24.8 Å². The third kappa shape index (κ3) is 1.40. The lowest BCUT2D eigenvalue weighted by Gasteiger charge is -2.37. The number of nitrogens with zero attached hydrogens (tertiary/aromatic N) is 3. The second kappa shape index (κ2) is 3.53. The van der Waals surface area contributed by atoms with Crippen LogP contribution in [0, 0.1) is 0 Å². The van der Waals surface area contributed by atoms with Crippen LogP contribution in [0.4, 0.5) is 0 Å². The zero-order valence-electron chi connectivity index (χ0n) is 8.93. The Kier molecular flexibility index (Phi) is 2.22. The Labute approximate surface area is 106 Å². The molecule has 0 spiro atoms. The fourth-order valence-electron chi connectivity index (χ4n) is 2.22. The summed E-state index contributed by atoms with van der Waals surface area (Å²) >= 11 is 3.30. The Bertz CT molecular complexity index is 604. The van der Waals surface area contributed by atoms with E-state index in [1.54, 1.807) is 10.9 Å². The van der Waals surface area contributed by atoms with Crippen LogP contribution in [0.3, 0.4) is 0 Å². The van der Waals surface area contributed by atoms with Crippen molar-refractivity contribution in [3.05, 3.63) is 22.9 Å². The molecule has 2 aromatic rings. The fourth-order valence-corrected chi connectivity index (χ4v) is 2.52. The molecule has 0 radical (unpaired) electrons. The van der Waals surface area contributed by atoms with E-state index in [-0.39, 0.29) is 0 Å². The van der Waals surface area contributed by atoms with Crippen molar-refractivity contribution in [1.29, 1.82) is 0 Å².